The zero-order valence-electron chi connectivity index (χ0n) is 11.2. The van der Waals surface area contributed by atoms with Crippen LogP contribution in [0.3, 0.4) is 0 Å². The minimum absolute atomic E-state index is 0.247. The summed E-state index contributed by atoms with van der Waals surface area (Å²) in [5, 5.41) is 10.1. The van der Waals surface area contributed by atoms with Gasteiger partial charge in [0, 0.05) is 23.1 Å². The molecule has 2 unspecified atom stereocenters. The number of nitrogens with two attached hydrogens (primary N) is 1. The smallest absolute Gasteiger partial charge is 0.0905 e. The maximum Gasteiger partial charge on any atom is 0.0905 e. The summed E-state index contributed by atoms with van der Waals surface area (Å²) in [7, 11) is -1.08. The molecular formula is C16H19NO2S. The molecule has 0 aliphatic carbocycles. The first-order valence-electron chi connectivity index (χ1n) is 6.55. The Morgan fingerprint density at radius 2 is 1.65 bits per heavy atom. The van der Waals surface area contributed by atoms with Gasteiger partial charge in [0.25, 0.3) is 0 Å². The molecule has 2 aromatic rings. The Kier molecular flexibility index (Phi) is 5.47. The van der Waals surface area contributed by atoms with E-state index in [0.29, 0.717) is 12.3 Å². The summed E-state index contributed by atoms with van der Waals surface area (Å²) < 4.78 is 12.1. The van der Waals surface area contributed by atoms with Gasteiger partial charge in [0.15, 0.2) is 0 Å². The van der Waals surface area contributed by atoms with Gasteiger partial charge in [-0.25, -0.2) is 0 Å². The SMILES string of the molecule is NCc1ccc(C(O)CS(=O)Cc2ccccc2)cc1. The maximum absolute atomic E-state index is 12.1. The lowest BCUT2D eigenvalue weighted by molar-refractivity contribution is 0.203. The highest BCUT2D eigenvalue weighted by Gasteiger charge is 2.12. The highest BCUT2D eigenvalue weighted by atomic mass is 32.2. The largest absolute Gasteiger partial charge is 0.387 e. The molecule has 0 bridgehead atoms. The number of aliphatic hydroxyl groups excluding tert-OH is 1. The fourth-order valence-corrected chi connectivity index (χ4v) is 3.19. The quantitative estimate of drug-likeness (QED) is 0.856. The minimum Gasteiger partial charge on any atom is -0.387 e. The zero-order chi connectivity index (χ0) is 14.4. The molecule has 0 spiro atoms. The molecule has 0 saturated heterocycles. The Bertz CT molecular complexity index is 554. The van der Waals surface area contributed by atoms with Crippen LogP contribution in [0.25, 0.3) is 0 Å². The van der Waals surface area contributed by atoms with Crippen LogP contribution >= 0.6 is 0 Å². The van der Waals surface area contributed by atoms with Gasteiger partial charge in [-0.15, -0.1) is 0 Å². The Hall–Kier alpha value is -1.49. The average molecular weight is 289 g/mol. The van der Waals surface area contributed by atoms with Gasteiger partial charge in [-0.1, -0.05) is 54.6 Å². The Balaban J connectivity index is 1.93. The van der Waals surface area contributed by atoms with Crippen LogP contribution in [-0.2, 0) is 23.1 Å². The third-order valence-corrected chi connectivity index (χ3v) is 4.46. The summed E-state index contributed by atoms with van der Waals surface area (Å²) in [6, 6.07) is 17.1. The molecule has 3 nitrogen and oxygen atoms in total. The number of benzene rings is 2. The maximum atomic E-state index is 12.1. The van der Waals surface area contributed by atoms with Gasteiger partial charge in [0.2, 0.25) is 0 Å². The third-order valence-electron chi connectivity index (χ3n) is 3.11. The fraction of sp³-hybridized carbons (Fsp3) is 0.250. The van der Waals surface area contributed by atoms with Crippen molar-refractivity contribution in [2.45, 2.75) is 18.4 Å². The van der Waals surface area contributed by atoms with E-state index < -0.39 is 16.9 Å². The number of aliphatic hydroxyl groups is 1. The minimum atomic E-state index is -1.08. The summed E-state index contributed by atoms with van der Waals surface area (Å²) in [6.45, 7) is 0.482. The highest BCUT2D eigenvalue weighted by molar-refractivity contribution is 7.84. The molecule has 2 aromatic carbocycles. The molecule has 0 heterocycles. The number of hydrogen-bond acceptors (Lipinski definition) is 3. The van der Waals surface area contributed by atoms with Crippen LogP contribution in [0.1, 0.15) is 22.8 Å². The van der Waals surface area contributed by atoms with Gasteiger partial charge in [0.05, 0.1) is 11.9 Å². The van der Waals surface area contributed by atoms with Gasteiger partial charge < -0.3 is 10.8 Å². The van der Waals surface area contributed by atoms with Gasteiger partial charge in [0.1, 0.15) is 0 Å². The molecular weight excluding hydrogens is 270 g/mol. The van der Waals surface area contributed by atoms with E-state index >= 15 is 0 Å². The van der Waals surface area contributed by atoms with E-state index in [9.17, 15) is 9.32 Å². The van der Waals surface area contributed by atoms with Gasteiger partial charge in [-0.05, 0) is 16.7 Å². The molecule has 0 aliphatic rings. The molecule has 2 rings (SSSR count). The molecule has 0 fully saturated rings. The predicted octanol–water partition coefficient (Wildman–Crippen LogP) is 2.13. The van der Waals surface area contributed by atoms with Crippen molar-refractivity contribution in [3.05, 3.63) is 71.3 Å². The van der Waals surface area contributed by atoms with Crippen LogP contribution in [-0.4, -0.2) is 15.1 Å². The summed E-state index contributed by atoms with van der Waals surface area (Å²) in [5.74, 6) is 0.718. The highest BCUT2D eigenvalue weighted by Crippen LogP contribution is 2.16. The van der Waals surface area contributed by atoms with Crippen molar-refractivity contribution in [1.29, 1.82) is 0 Å². The standard InChI is InChI=1S/C16H19NO2S/c17-10-13-6-8-15(9-7-13)16(18)12-20(19)11-14-4-2-1-3-5-14/h1-9,16,18H,10-12,17H2. The van der Waals surface area contributed by atoms with E-state index in [1.807, 2.05) is 54.6 Å². The molecule has 4 heteroatoms. The van der Waals surface area contributed by atoms with Crippen LogP contribution in [0.4, 0.5) is 0 Å². The Labute approximate surface area is 121 Å². The first kappa shape index (κ1) is 14.9. The van der Waals surface area contributed by atoms with Crippen molar-refractivity contribution in [2.24, 2.45) is 5.73 Å². The molecule has 0 aliphatic heterocycles. The molecule has 0 aromatic heterocycles. The molecule has 2 atom stereocenters. The number of hydrogen-bond donors (Lipinski definition) is 2. The zero-order valence-corrected chi connectivity index (χ0v) is 12.1. The van der Waals surface area contributed by atoms with E-state index in [1.165, 1.54) is 0 Å². The van der Waals surface area contributed by atoms with E-state index in [-0.39, 0.29) is 5.75 Å². The summed E-state index contributed by atoms with van der Waals surface area (Å²) in [4.78, 5) is 0. The van der Waals surface area contributed by atoms with Crippen molar-refractivity contribution >= 4 is 10.8 Å². The van der Waals surface area contributed by atoms with Crippen molar-refractivity contribution in [3.8, 4) is 0 Å². The lowest BCUT2D eigenvalue weighted by atomic mass is 10.1. The van der Waals surface area contributed by atoms with E-state index in [0.717, 1.165) is 16.7 Å². The van der Waals surface area contributed by atoms with Crippen molar-refractivity contribution in [2.75, 3.05) is 5.75 Å². The van der Waals surface area contributed by atoms with E-state index in [4.69, 9.17) is 5.73 Å². The van der Waals surface area contributed by atoms with Gasteiger partial charge in [-0.3, -0.25) is 4.21 Å². The number of rotatable bonds is 6. The van der Waals surface area contributed by atoms with E-state index in [2.05, 4.69) is 0 Å². The molecule has 0 saturated carbocycles. The Morgan fingerprint density at radius 3 is 2.25 bits per heavy atom. The predicted molar refractivity (Wildman–Crippen MR) is 82.4 cm³/mol. The topological polar surface area (TPSA) is 63.3 Å². The van der Waals surface area contributed by atoms with Crippen molar-refractivity contribution in [3.63, 3.8) is 0 Å². The fourth-order valence-electron chi connectivity index (χ4n) is 1.97. The van der Waals surface area contributed by atoms with E-state index in [1.54, 1.807) is 0 Å². The second kappa shape index (κ2) is 7.33. The van der Waals surface area contributed by atoms with Crippen molar-refractivity contribution < 1.29 is 9.32 Å². The molecule has 3 N–H and O–H groups in total. The summed E-state index contributed by atoms with van der Waals surface area (Å²) in [6.07, 6.45) is -0.702. The first-order chi connectivity index (χ1) is 9.69. The van der Waals surface area contributed by atoms with Gasteiger partial charge >= 0.3 is 0 Å². The summed E-state index contributed by atoms with van der Waals surface area (Å²) in [5.41, 5.74) is 8.36. The second-order valence-electron chi connectivity index (χ2n) is 4.70. The first-order valence-corrected chi connectivity index (χ1v) is 8.03. The third kappa shape index (κ3) is 4.27. The van der Waals surface area contributed by atoms with Crippen LogP contribution in [0.5, 0.6) is 0 Å². The lowest BCUT2D eigenvalue weighted by Gasteiger charge is -2.11. The van der Waals surface area contributed by atoms with Gasteiger partial charge in [-0.2, -0.15) is 0 Å². The summed E-state index contributed by atoms with van der Waals surface area (Å²) >= 11 is 0. The lowest BCUT2D eigenvalue weighted by Crippen LogP contribution is -2.11. The van der Waals surface area contributed by atoms with Crippen LogP contribution < -0.4 is 5.73 Å². The normalized spacial score (nSPS) is 13.9. The second-order valence-corrected chi connectivity index (χ2v) is 6.20. The molecule has 106 valence electrons. The Morgan fingerprint density at radius 1 is 1.00 bits per heavy atom. The van der Waals surface area contributed by atoms with Crippen molar-refractivity contribution in [1.82, 2.24) is 0 Å². The van der Waals surface area contributed by atoms with Crippen LogP contribution in [0, 0.1) is 0 Å². The molecule has 0 amide bonds. The monoisotopic (exact) mass is 289 g/mol. The van der Waals surface area contributed by atoms with Crippen LogP contribution in [0.2, 0.25) is 0 Å². The average Bonchev–Trinajstić information content (AvgIpc) is 2.48. The molecule has 0 radical (unpaired) electrons. The van der Waals surface area contributed by atoms with Crippen LogP contribution in [0.15, 0.2) is 54.6 Å². The molecule has 20 heavy (non-hydrogen) atoms.